The number of carbonyl (C=O) groups is 3. The maximum atomic E-state index is 13.0. The summed E-state index contributed by atoms with van der Waals surface area (Å²) in [4.78, 5) is 40.7. The third-order valence-electron chi connectivity index (χ3n) is 7.30. The number of imide groups is 1. The molecule has 4 aliphatic rings. The Morgan fingerprint density at radius 2 is 1.87 bits per heavy atom. The van der Waals surface area contributed by atoms with E-state index in [1.807, 2.05) is 12.1 Å². The molecule has 0 saturated carbocycles. The molecule has 0 aromatic heterocycles. The molecule has 7 nitrogen and oxygen atoms in total. The summed E-state index contributed by atoms with van der Waals surface area (Å²) in [5.41, 5.74) is 2.84. The van der Waals surface area contributed by atoms with Crippen LogP contribution in [0.4, 0.5) is 0 Å². The van der Waals surface area contributed by atoms with Crippen molar-refractivity contribution in [1.29, 1.82) is 0 Å². The summed E-state index contributed by atoms with van der Waals surface area (Å²) >= 11 is 0. The summed E-state index contributed by atoms with van der Waals surface area (Å²) in [6, 6.07) is 6.32. The highest BCUT2D eigenvalue weighted by molar-refractivity contribution is 6.05. The third kappa shape index (κ3) is 3.76. The van der Waals surface area contributed by atoms with Gasteiger partial charge in [0.1, 0.15) is 6.04 Å². The van der Waals surface area contributed by atoms with Crippen molar-refractivity contribution in [3.05, 3.63) is 34.9 Å². The first-order valence-corrected chi connectivity index (χ1v) is 11.3. The summed E-state index contributed by atoms with van der Waals surface area (Å²) in [6.07, 6.45) is 5.80. The molecular weight excluding hydrogens is 380 g/mol. The van der Waals surface area contributed by atoms with E-state index in [-0.39, 0.29) is 24.1 Å². The number of benzene rings is 1. The Morgan fingerprint density at radius 1 is 1.03 bits per heavy atom. The zero-order valence-electron chi connectivity index (χ0n) is 17.4. The summed E-state index contributed by atoms with van der Waals surface area (Å²) < 4.78 is 0. The van der Waals surface area contributed by atoms with Crippen LogP contribution in [0, 0.1) is 5.92 Å². The molecule has 0 radical (unpaired) electrons. The summed E-state index contributed by atoms with van der Waals surface area (Å²) in [5.74, 6) is 0.0993. The van der Waals surface area contributed by atoms with Crippen LogP contribution in [0.2, 0.25) is 0 Å². The van der Waals surface area contributed by atoms with Crippen LogP contribution in [0.3, 0.4) is 0 Å². The molecule has 1 aromatic carbocycles. The van der Waals surface area contributed by atoms with E-state index < -0.39 is 6.04 Å². The van der Waals surface area contributed by atoms with Gasteiger partial charge in [-0.25, -0.2) is 0 Å². The molecule has 3 saturated heterocycles. The minimum absolute atomic E-state index is 0.0904. The van der Waals surface area contributed by atoms with Crippen molar-refractivity contribution in [3.63, 3.8) is 0 Å². The van der Waals surface area contributed by atoms with Crippen molar-refractivity contribution in [1.82, 2.24) is 20.4 Å². The lowest BCUT2D eigenvalue weighted by Gasteiger charge is -2.35. The molecule has 7 heteroatoms. The zero-order valence-corrected chi connectivity index (χ0v) is 17.4. The minimum atomic E-state index is -0.547. The predicted octanol–water partition coefficient (Wildman–Crippen LogP) is 1.41. The van der Waals surface area contributed by atoms with Gasteiger partial charge in [0, 0.05) is 31.1 Å². The van der Waals surface area contributed by atoms with Crippen molar-refractivity contribution < 1.29 is 14.4 Å². The number of piperidine rings is 2. The molecule has 1 aromatic rings. The van der Waals surface area contributed by atoms with Gasteiger partial charge in [-0.3, -0.25) is 24.6 Å². The fraction of sp³-hybridized carbons (Fsp3) is 0.609. The van der Waals surface area contributed by atoms with Crippen LogP contribution >= 0.6 is 0 Å². The Morgan fingerprint density at radius 3 is 2.60 bits per heavy atom. The molecule has 0 aliphatic carbocycles. The molecule has 30 heavy (non-hydrogen) atoms. The molecule has 0 bridgehead atoms. The molecule has 4 aliphatic heterocycles. The third-order valence-corrected chi connectivity index (χ3v) is 7.30. The second-order valence-electron chi connectivity index (χ2n) is 9.21. The van der Waals surface area contributed by atoms with Crippen molar-refractivity contribution in [2.75, 3.05) is 19.6 Å². The lowest BCUT2D eigenvalue weighted by molar-refractivity contribution is -0.136. The maximum Gasteiger partial charge on any atom is 0.255 e. The van der Waals surface area contributed by atoms with E-state index in [0.29, 0.717) is 24.6 Å². The Labute approximate surface area is 177 Å². The average molecular weight is 411 g/mol. The monoisotopic (exact) mass is 410 g/mol. The number of hydrogen-bond donors (Lipinski definition) is 2. The van der Waals surface area contributed by atoms with E-state index in [9.17, 15) is 14.4 Å². The van der Waals surface area contributed by atoms with Gasteiger partial charge in [-0.1, -0.05) is 12.1 Å². The lowest BCUT2D eigenvalue weighted by Crippen LogP contribution is -2.52. The van der Waals surface area contributed by atoms with Crippen molar-refractivity contribution in [3.8, 4) is 0 Å². The standard InChI is InChI=1S/C23H30N4O3/c28-21-6-5-20(22(29)25-21)27-14-17-4-3-15(12-18(17)23(27)30)13-26-10-7-16(8-11-26)19-2-1-9-24-19/h3-4,12,16,19-20,24H,1-2,5-11,13-14H2,(H,25,28,29). The van der Waals surface area contributed by atoms with Gasteiger partial charge in [0.2, 0.25) is 11.8 Å². The number of likely N-dealkylation sites (tertiary alicyclic amines) is 1. The quantitative estimate of drug-likeness (QED) is 0.734. The van der Waals surface area contributed by atoms with E-state index in [0.717, 1.165) is 36.7 Å². The fourth-order valence-corrected chi connectivity index (χ4v) is 5.59. The first-order valence-electron chi connectivity index (χ1n) is 11.3. The largest absolute Gasteiger partial charge is 0.322 e. The maximum absolute atomic E-state index is 13.0. The van der Waals surface area contributed by atoms with Gasteiger partial charge in [-0.05, 0) is 74.8 Å². The van der Waals surface area contributed by atoms with Crippen molar-refractivity contribution in [2.45, 2.75) is 63.7 Å². The van der Waals surface area contributed by atoms with Crippen LogP contribution in [0.15, 0.2) is 18.2 Å². The van der Waals surface area contributed by atoms with Gasteiger partial charge in [0.25, 0.3) is 5.91 Å². The average Bonchev–Trinajstić information content (AvgIpc) is 3.38. The lowest BCUT2D eigenvalue weighted by atomic mass is 9.88. The second-order valence-corrected chi connectivity index (χ2v) is 9.21. The van der Waals surface area contributed by atoms with E-state index in [1.54, 1.807) is 4.90 Å². The highest BCUT2D eigenvalue weighted by Gasteiger charge is 2.39. The van der Waals surface area contributed by atoms with E-state index in [1.165, 1.54) is 32.2 Å². The fourth-order valence-electron chi connectivity index (χ4n) is 5.59. The van der Waals surface area contributed by atoms with Crippen molar-refractivity contribution in [2.24, 2.45) is 5.92 Å². The Hall–Kier alpha value is -2.25. The second kappa shape index (κ2) is 8.12. The van der Waals surface area contributed by atoms with Crippen molar-refractivity contribution >= 4 is 17.7 Å². The first kappa shape index (κ1) is 19.7. The normalized spacial score (nSPS) is 28.1. The number of rotatable bonds is 4. The predicted molar refractivity (Wildman–Crippen MR) is 112 cm³/mol. The van der Waals surface area contributed by atoms with Crippen LogP contribution < -0.4 is 10.6 Å². The SMILES string of the molecule is O=C1CCC(N2Cc3ccc(CN4CCC(C5CCCN5)CC4)cc3C2=O)C(=O)N1. The van der Waals surface area contributed by atoms with Crippen LogP contribution in [0.1, 0.15) is 60.0 Å². The number of fused-ring (bicyclic) bond motifs is 1. The molecular formula is C23H30N4O3. The highest BCUT2D eigenvalue weighted by Crippen LogP contribution is 2.30. The molecule has 2 atom stereocenters. The molecule has 3 fully saturated rings. The molecule has 3 amide bonds. The number of nitrogens with one attached hydrogen (secondary N) is 2. The van der Waals surface area contributed by atoms with Gasteiger partial charge in [0.15, 0.2) is 0 Å². The Kier molecular flexibility index (Phi) is 5.33. The van der Waals surface area contributed by atoms with E-state index in [4.69, 9.17) is 0 Å². The summed E-state index contributed by atoms with van der Waals surface area (Å²) in [5, 5.41) is 6.01. The molecule has 5 rings (SSSR count). The summed E-state index contributed by atoms with van der Waals surface area (Å²) in [7, 11) is 0. The molecule has 2 N–H and O–H groups in total. The molecule has 4 heterocycles. The first-order chi connectivity index (χ1) is 14.6. The van der Waals surface area contributed by atoms with Gasteiger partial charge in [0.05, 0.1) is 0 Å². The van der Waals surface area contributed by atoms with Gasteiger partial charge < -0.3 is 10.2 Å². The van der Waals surface area contributed by atoms with Gasteiger partial charge >= 0.3 is 0 Å². The number of hydrogen-bond acceptors (Lipinski definition) is 5. The highest BCUT2D eigenvalue weighted by atomic mass is 16.2. The smallest absolute Gasteiger partial charge is 0.255 e. The topological polar surface area (TPSA) is 81.8 Å². The molecule has 160 valence electrons. The Bertz CT molecular complexity index is 856. The Balaban J connectivity index is 1.21. The number of carbonyl (C=O) groups excluding carboxylic acids is 3. The van der Waals surface area contributed by atoms with Crippen LogP contribution in [-0.2, 0) is 22.7 Å². The van der Waals surface area contributed by atoms with Crippen LogP contribution in [0.25, 0.3) is 0 Å². The number of nitrogens with zero attached hydrogens (tertiary/aromatic N) is 2. The van der Waals surface area contributed by atoms with E-state index in [2.05, 4.69) is 21.6 Å². The van der Waals surface area contributed by atoms with Crippen LogP contribution in [-0.4, -0.2) is 59.2 Å². The van der Waals surface area contributed by atoms with Gasteiger partial charge in [-0.2, -0.15) is 0 Å². The van der Waals surface area contributed by atoms with E-state index >= 15 is 0 Å². The van der Waals surface area contributed by atoms with Crippen LogP contribution in [0.5, 0.6) is 0 Å². The van der Waals surface area contributed by atoms with Gasteiger partial charge in [-0.15, -0.1) is 0 Å². The summed E-state index contributed by atoms with van der Waals surface area (Å²) in [6.45, 7) is 4.70. The zero-order chi connectivity index (χ0) is 20.7. The molecule has 0 spiro atoms. The molecule has 2 unspecified atom stereocenters. The number of amides is 3. The minimum Gasteiger partial charge on any atom is -0.322 e.